The van der Waals surface area contributed by atoms with Crippen molar-refractivity contribution in [2.75, 3.05) is 40.7 Å². The molecule has 0 aliphatic rings. The number of benzene rings is 2. The van der Waals surface area contributed by atoms with Crippen LogP contribution in [0.2, 0.25) is 0 Å². The highest BCUT2D eigenvalue weighted by molar-refractivity contribution is 9.10. The Bertz CT molecular complexity index is 833. The largest absolute Gasteiger partial charge is 0.497 e. The lowest BCUT2D eigenvalue weighted by atomic mass is 10.0. The lowest BCUT2D eigenvalue weighted by Crippen LogP contribution is -2.22. The summed E-state index contributed by atoms with van der Waals surface area (Å²) in [4.78, 5) is 12.8. The van der Waals surface area contributed by atoms with Gasteiger partial charge in [0.25, 0.3) is 0 Å². The summed E-state index contributed by atoms with van der Waals surface area (Å²) in [5, 5.41) is -0.183. The second kappa shape index (κ2) is 11.3. The van der Waals surface area contributed by atoms with Gasteiger partial charge in [-0.05, 0) is 29.8 Å². The molecule has 2 N–H and O–H groups in total. The van der Waals surface area contributed by atoms with Crippen LogP contribution >= 0.6 is 27.7 Å². The van der Waals surface area contributed by atoms with Gasteiger partial charge >= 0.3 is 0 Å². The van der Waals surface area contributed by atoms with Gasteiger partial charge in [0.15, 0.2) is 17.3 Å². The number of halogens is 1. The molecule has 0 spiro atoms. The molecule has 0 aliphatic heterocycles. The summed E-state index contributed by atoms with van der Waals surface area (Å²) in [6.45, 7) is 0.508. The molecule has 2 aromatic carbocycles. The smallest absolute Gasteiger partial charge is 0.181 e. The van der Waals surface area contributed by atoms with E-state index >= 15 is 0 Å². The molecule has 0 fully saturated rings. The molecule has 0 saturated heterocycles. The lowest BCUT2D eigenvalue weighted by molar-refractivity contribution is 0.0987. The van der Waals surface area contributed by atoms with Gasteiger partial charge in [0.05, 0.1) is 38.8 Å². The molecule has 0 bridgehead atoms. The van der Waals surface area contributed by atoms with E-state index in [-0.39, 0.29) is 11.0 Å². The van der Waals surface area contributed by atoms with Crippen LogP contribution in [0.15, 0.2) is 36.4 Å². The Morgan fingerprint density at radius 2 is 1.66 bits per heavy atom. The summed E-state index contributed by atoms with van der Waals surface area (Å²) < 4.78 is 21.4. The molecule has 8 heteroatoms. The standard InChI is InChI=1S/C21H26BrNO5S/c1-25-14-6-7-15(17(12-14)27-3)20(24)19(22)21(29-10-9-23)13-5-8-16(26-2)18(11-13)28-4/h5-8,11-12,19,21H,9-10,23H2,1-4H3. The Labute approximate surface area is 184 Å². The van der Waals surface area contributed by atoms with Gasteiger partial charge in [0.2, 0.25) is 0 Å². The highest BCUT2D eigenvalue weighted by Gasteiger charge is 2.31. The van der Waals surface area contributed by atoms with Crippen molar-refractivity contribution >= 4 is 33.5 Å². The molecule has 0 heterocycles. The molecule has 158 valence electrons. The predicted molar refractivity (Wildman–Crippen MR) is 120 cm³/mol. The van der Waals surface area contributed by atoms with E-state index in [1.807, 2.05) is 18.2 Å². The summed E-state index contributed by atoms with van der Waals surface area (Å²) in [7, 11) is 6.28. The molecule has 6 nitrogen and oxygen atoms in total. The van der Waals surface area contributed by atoms with Crippen LogP contribution in [0.5, 0.6) is 23.0 Å². The van der Waals surface area contributed by atoms with Gasteiger partial charge in [-0.3, -0.25) is 4.79 Å². The fraction of sp³-hybridized carbons (Fsp3) is 0.381. The van der Waals surface area contributed by atoms with Gasteiger partial charge < -0.3 is 24.7 Å². The number of ketones is 1. The summed E-state index contributed by atoms with van der Waals surface area (Å²) in [5.41, 5.74) is 7.14. The van der Waals surface area contributed by atoms with Crippen LogP contribution in [-0.2, 0) is 0 Å². The Balaban J connectivity index is 2.41. The second-order valence-corrected chi connectivity index (χ2v) is 8.26. The van der Waals surface area contributed by atoms with E-state index in [1.54, 1.807) is 51.3 Å². The predicted octanol–water partition coefficient (Wildman–Crippen LogP) is 4.10. The van der Waals surface area contributed by atoms with Crippen molar-refractivity contribution < 1.29 is 23.7 Å². The SMILES string of the molecule is COc1ccc(C(=O)C(Br)C(SCCN)c2ccc(OC)c(OC)c2)c(OC)c1. The third-order valence-electron chi connectivity index (χ3n) is 4.34. The molecule has 0 radical (unpaired) electrons. The topological polar surface area (TPSA) is 80.0 Å². The maximum atomic E-state index is 13.3. The maximum absolute atomic E-state index is 13.3. The average Bonchev–Trinajstić information content (AvgIpc) is 2.77. The minimum atomic E-state index is -0.501. The van der Waals surface area contributed by atoms with Crippen LogP contribution in [0.4, 0.5) is 0 Å². The number of carbonyl (C=O) groups is 1. The van der Waals surface area contributed by atoms with E-state index in [1.165, 1.54) is 7.11 Å². The number of rotatable bonds is 11. The van der Waals surface area contributed by atoms with Crippen molar-refractivity contribution in [3.8, 4) is 23.0 Å². The molecular weight excluding hydrogens is 458 g/mol. The number of hydrogen-bond acceptors (Lipinski definition) is 7. The minimum absolute atomic E-state index is 0.0891. The van der Waals surface area contributed by atoms with Crippen LogP contribution in [0, 0.1) is 0 Å². The van der Waals surface area contributed by atoms with Gasteiger partial charge in [-0.1, -0.05) is 22.0 Å². The second-order valence-electron chi connectivity index (χ2n) is 6.03. The van der Waals surface area contributed by atoms with E-state index < -0.39 is 4.83 Å². The highest BCUT2D eigenvalue weighted by Crippen LogP contribution is 2.41. The zero-order valence-electron chi connectivity index (χ0n) is 16.9. The van der Waals surface area contributed by atoms with Crippen molar-refractivity contribution in [2.45, 2.75) is 10.1 Å². The van der Waals surface area contributed by atoms with Crippen LogP contribution in [-0.4, -0.2) is 51.3 Å². The van der Waals surface area contributed by atoms with Crippen molar-refractivity contribution in [3.63, 3.8) is 0 Å². The number of methoxy groups -OCH3 is 4. The fourth-order valence-electron chi connectivity index (χ4n) is 2.86. The Hall–Kier alpha value is -1.90. The van der Waals surface area contributed by atoms with Crippen LogP contribution in [0.1, 0.15) is 21.2 Å². The Kier molecular flexibility index (Phi) is 9.13. The minimum Gasteiger partial charge on any atom is -0.497 e. The van der Waals surface area contributed by atoms with E-state index in [2.05, 4.69) is 15.9 Å². The molecule has 2 atom stereocenters. The van der Waals surface area contributed by atoms with E-state index in [9.17, 15) is 4.79 Å². The first kappa shape index (κ1) is 23.4. The van der Waals surface area contributed by atoms with Crippen molar-refractivity contribution in [2.24, 2.45) is 5.73 Å². The average molecular weight is 484 g/mol. The normalized spacial score (nSPS) is 12.8. The quantitative estimate of drug-likeness (QED) is 0.380. The molecule has 0 amide bonds. The van der Waals surface area contributed by atoms with E-state index in [0.29, 0.717) is 40.9 Å². The molecule has 0 saturated carbocycles. The first-order valence-electron chi connectivity index (χ1n) is 8.94. The number of nitrogens with two attached hydrogens (primary N) is 1. The zero-order valence-corrected chi connectivity index (χ0v) is 19.3. The number of alkyl halides is 1. The number of hydrogen-bond donors (Lipinski definition) is 1. The van der Waals surface area contributed by atoms with E-state index in [4.69, 9.17) is 24.7 Å². The van der Waals surface area contributed by atoms with Crippen molar-refractivity contribution in [3.05, 3.63) is 47.5 Å². The van der Waals surface area contributed by atoms with Crippen LogP contribution < -0.4 is 24.7 Å². The number of thioether (sulfide) groups is 1. The zero-order chi connectivity index (χ0) is 21.4. The maximum Gasteiger partial charge on any atom is 0.181 e. The summed E-state index contributed by atoms with van der Waals surface area (Å²) >= 11 is 5.23. The van der Waals surface area contributed by atoms with Gasteiger partial charge in [0.1, 0.15) is 11.5 Å². The van der Waals surface area contributed by atoms with Gasteiger partial charge in [-0.15, -0.1) is 0 Å². The number of Topliss-reactive ketones (excluding diaryl/α,β-unsaturated/α-hetero) is 1. The summed E-state index contributed by atoms with van der Waals surface area (Å²) in [5.74, 6) is 2.94. The number of carbonyl (C=O) groups excluding carboxylic acids is 1. The van der Waals surface area contributed by atoms with Crippen LogP contribution in [0.25, 0.3) is 0 Å². The van der Waals surface area contributed by atoms with Crippen molar-refractivity contribution in [1.82, 2.24) is 0 Å². The van der Waals surface area contributed by atoms with Gasteiger partial charge in [0, 0.05) is 23.6 Å². The first-order chi connectivity index (χ1) is 14.0. The molecular formula is C21H26BrNO5S. The van der Waals surface area contributed by atoms with Crippen molar-refractivity contribution in [1.29, 1.82) is 0 Å². The fourth-order valence-corrected chi connectivity index (χ4v) is 4.89. The summed E-state index contributed by atoms with van der Waals surface area (Å²) in [6.07, 6.45) is 0. The highest BCUT2D eigenvalue weighted by atomic mass is 79.9. The Morgan fingerprint density at radius 1 is 0.966 bits per heavy atom. The van der Waals surface area contributed by atoms with Gasteiger partial charge in [-0.25, -0.2) is 0 Å². The third kappa shape index (κ3) is 5.58. The molecule has 0 aromatic heterocycles. The lowest BCUT2D eigenvalue weighted by Gasteiger charge is -2.23. The third-order valence-corrected chi connectivity index (χ3v) is 7.01. The van der Waals surface area contributed by atoms with E-state index in [0.717, 1.165) is 5.56 Å². The molecule has 0 aliphatic carbocycles. The first-order valence-corrected chi connectivity index (χ1v) is 10.9. The molecule has 2 aromatic rings. The van der Waals surface area contributed by atoms with Gasteiger partial charge in [-0.2, -0.15) is 11.8 Å². The Morgan fingerprint density at radius 3 is 2.24 bits per heavy atom. The number of ether oxygens (including phenoxy) is 4. The molecule has 29 heavy (non-hydrogen) atoms. The van der Waals surface area contributed by atoms with Crippen LogP contribution in [0.3, 0.4) is 0 Å². The summed E-state index contributed by atoms with van der Waals surface area (Å²) in [6, 6.07) is 10.8. The molecule has 2 unspecified atom stereocenters. The monoisotopic (exact) mass is 483 g/mol. The molecule has 2 rings (SSSR count).